The average molecular weight is 256 g/mol. The van der Waals surface area contributed by atoms with Crippen LogP contribution in [0.4, 0.5) is 5.69 Å². The second-order valence-electron chi connectivity index (χ2n) is 4.30. The van der Waals surface area contributed by atoms with E-state index in [1.54, 1.807) is 16.5 Å². The van der Waals surface area contributed by atoms with Gasteiger partial charge >= 0.3 is 0 Å². The number of hydrogen-bond acceptors (Lipinski definition) is 5. The van der Waals surface area contributed by atoms with E-state index in [2.05, 4.69) is 23.1 Å². The summed E-state index contributed by atoms with van der Waals surface area (Å²) in [5.74, 6) is 0. The van der Waals surface area contributed by atoms with Gasteiger partial charge in [-0.25, -0.2) is 0 Å². The Morgan fingerprint density at radius 2 is 2.37 bits per heavy atom. The first-order valence-electron chi connectivity index (χ1n) is 6.27. The van der Waals surface area contributed by atoms with E-state index < -0.39 is 0 Å². The third-order valence-electron chi connectivity index (χ3n) is 2.99. The Kier molecular flexibility index (Phi) is 3.41. The summed E-state index contributed by atoms with van der Waals surface area (Å²) < 4.78 is 0. The molecule has 1 N–H and O–H groups in total. The fourth-order valence-electron chi connectivity index (χ4n) is 2.09. The Morgan fingerprint density at radius 1 is 1.47 bits per heavy atom. The molecule has 2 heterocycles. The highest BCUT2D eigenvalue weighted by Gasteiger charge is 2.28. The van der Waals surface area contributed by atoms with Crippen LogP contribution in [0.15, 0.2) is 48.1 Å². The highest BCUT2D eigenvalue weighted by molar-refractivity contribution is 5.84. The molecule has 0 aromatic heterocycles. The molecule has 98 valence electrons. The SMILES string of the molecule is C=CCC1NCN(N2N=CC=Cc3ccccc32)O1. The summed E-state index contributed by atoms with van der Waals surface area (Å²) in [5.41, 5.74) is 2.10. The standard InChI is InChI=1S/C14H16N4O/c1-2-6-14-15-11-17(19-14)18-13-9-4-3-7-12(13)8-5-10-16-18/h2-5,7-10,14-15H,1,6,11H2. The number of para-hydroxylation sites is 1. The molecule has 1 atom stereocenters. The van der Waals surface area contributed by atoms with Crippen molar-refractivity contribution in [1.29, 1.82) is 0 Å². The Bertz CT molecular complexity index is 526. The van der Waals surface area contributed by atoms with Gasteiger partial charge in [0, 0.05) is 18.2 Å². The van der Waals surface area contributed by atoms with Gasteiger partial charge in [-0.05, 0) is 12.1 Å². The Hall–Kier alpha value is -1.95. The van der Waals surface area contributed by atoms with Gasteiger partial charge < -0.3 is 0 Å². The van der Waals surface area contributed by atoms with E-state index in [0.717, 1.165) is 17.7 Å². The zero-order valence-corrected chi connectivity index (χ0v) is 10.6. The molecule has 19 heavy (non-hydrogen) atoms. The lowest BCUT2D eigenvalue weighted by molar-refractivity contribution is -0.153. The van der Waals surface area contributed by atoms with Gasteiger partial charge in [0.25, 0.3) is 0 Å². The van der Waals surface area contributed by atoms with Crippen LogP contribution in [0.5, 0.6) is 0 Å². The quantitative estimate of drug-likeness (QED) is 0.841. The van der Waals surface area contributed by atoms with Gasteiger partial charge in [0.05, 0.1) is 12.4 Å². The minimum Gasteiger partial charge on any atom is -0.273 e. The van der Waals surface area contributed by atoms with Crippen molar-refractivity contribution in [2.45, 2.75) is 12.6 Å². The van der Waals surface area contributed by atoms with Gasteiger partial charge in [0.1, 0.15) is 6.23 Å². The maximum atomic E-state index is 5.79. The third-order valence-corrected chi connectivity index (χ3v) is 2.99. The molecule has 2 aliphatic heterocycles. The number of benzene rings is 1. The van der Waals surface area contributed by atoms with Crippen molar-refractivity contribution < 1.29 is 4.84 Å². The molecule has 1 unspecified atom stereocenters. The number of anilines is 1. The smallest absolute Gasteiger partial charge is 0.136 e. The highest BCUT2D eigenvalue weighted by atomic mass is 16.8. The zero-order chi connectivity index (χ0) is 13.1. The van der Waals surface area contributed by atoms with Crippen LogP contribution >= 0.6 is 0 Å². The van der Waals surface area contributed by atoms with Gasteiger partial charge in [-0.1, -0.05) is 35.5 Å². The number of rotatable bonds is 3. The molecule has 0 aliphatic carbocycles. The van der Waals surface area contributed by atoms with Crippen LogP contribution in [0.3, 0.4) is 0 Å². The number of nitrogens with zero attached hydrogens (tertiary/aromatic N) is 3. The molecule has 2 aliphatic rings. The van der Waals surface area contributed by atoms with Gasteiger partial charge in [-0.2, -0.15) is 10.2 Å². The second-order valence-corrected chi connectivity index (χ2v) is 4.30. The van der Waals surface area contributed by atoms with E-state index in [9.17, 15) is 0 Å². The lowest BCUT2D eigenvalue weighted by Crippen LogP contribution is -2.37. The van der Waals surface area contributed by atoms with Crippen molar-refractivity contribution in [1.82, 2.24) is 10.5 Å². The number of hydrogen-bond donors (Lipinski definition) is 1. The van der Waals surface area contributed by atoms with Gasteiger partial charge in [-0.15, -0.1) is 6.58 Å². The van der Waals surface area contributed by atoms with Crippen LogP contribution in [0, 0.1) is 0 Å². The van der Waals surface area contributed by atoms with Crippen LogP contribution in [0.25, 0.3) is 6.08 Å². The Labute approximate surface area is 112 Å². The average Bonchev–Trinajstić information content (AvgIpc) is 2.78. The van der Waals surface area contributed by atoms with Crippen molar-refractivity contribution in [3.63, 3.8) is 0 Å². The van der Waals surface area contributed by atoms with E-state index in [0.29, 0.717) is 6.67 Å². The number of hydroxylamine groups is 1. The summed E-state index contributed by atoms with van der Waals surface area (Å²) in [5, 5.41) is 11.1. The third kappa shape index (κ3) is 2.44. The van der Waals surface area contributed by atoms with E-state index >= 15 is 0 Å². The Morgan fingerprint density at radius 3 is 3.26 bits per heavy atom. The van der Waals surface area contributed by atoms with Crippen molar-refractivity contribution >= 4 is 18.0 Å². The first-order chi connectivity index (χ1) is 9.38. The first kappa shape index (κ1) is 12.1. The van der Waals surface area contributed by atoms with Crippen LogP contribution in [0.1, 0.15) is 12.0 Å². The van der Waals surface area contributed by atoms with E-state index in [4.69, 9.17) is 4.84 Å². The van der Waals surface area contributed by atoms with Gasteiger partial charge in [-0.3, -0.25) is 10.2 Å². The molecule has 1 aromatic carbocycles. The predicted molar refractivity (Wildman–Crippen MR) is 76.0 cm³/mol. The summed E-state index contributed by atoms with van der Waals surface area (Å²) >= 11 is 0. The number of hydrazone groups is 1. The van der Waals surface area contributed by atoms with E-state index in [1.807, 2.05) is 36.4 Å². The maximum absolute atomic E-state index is 5.79. The summed E-state index contributed by atoms with van der Waals surface area (Å²) in [4.78, 5) is 5.79. The van der Waals surface area contributed by atoms with Gasteiger partial charge in [0.15, 0.2) is 0 Å². The molecule has 0 amide bonds. The molecule has 5 heteroatoms. The molecule has 1 fully saturated rings. The van der Waals surface area contributed by atoms with Crippen LogP contribution < -0.4 is 10.4 Å². The van der Waals surface area contributed by atoms with Crippen molar-refractivity contribution in [3.8, 4) is 0 Å². The molecular formula is C14H16N4O. The lowest BCUT2D eigenvalue weighted by atomic mass is 10.2. The molecule has 0 radical (unpaired) electrons. The Balaban J connectivity index is 1.84. The molecule has 1 saturated heterocycles. The van der Waals surface area contributed by atoms with Crippen LogP contribution in [-0.4, -0.2) is 24.3 Å². The summed E-state index contributed by atoms with van der Waals surface area (Å²) in [6.45, 7) is 4.31. The fourth-order valence-corrected chi connectivity index (χ4v) is 2.09. The number of nitrogens with one attached hydrogen (secondary N) is 1. The summed E-state index contributed by atoms with van der Waals surface area (Å²) in [6.07, 6.45) is 8.25. The molecule has 1 aromatic rings. The minimum absolute atomic E-state index is 0.0453. The number of hydrazine groups is 1. The predicted octanol–water partition coefficient (Wildman–Crippen LogP) is 2.12. The van der Waals surface area contributed by atoms with Crippen molar-refractivity contribution in [2.24, 2.45) is 5.10 Å². The molecular weight excluding hydrogens is 240 g/mol. The molecule has 0 saturated carbocycles. The molecule has 0 bridgehead atoms. The molecule has 3 rings (SSSR count). The lowest BCUT2D eigenvalue weighted by Gasteiger charge is -2.27. The first-order valence-corrected chi connectivity index (χ1v) is 6.27. The summed E-state index contributed by atoms with van der Waals surface area (Å²) in [6, 6.07) is 8.08. The van der Waals surface area contributed by atoms with Crippen LogP contribution in [0.2, 0.25) is 0 Å². The van der Waals surface area contributed by atoms with E-state index in [-0.39, 0.29) is 6.23 Å². The van der Waals surface area contributed by atoms with Gasteiger partial charge in [0.2, 0.25) is 0 Å². The normalized spacial score (nSPS) is 22.3. The minimum atomic E-state index is -0.0453. The zero-order valence-electron chi connectivity index (χ0n) is 10.6. The molecule has 5 nitrogen and oxygen atoms in total. The van der Waals surface area contributed by atoms with Crippen LogP contribution in [-0.2, 0) is 4.84 Å². The second kappa shape index (κ2) is 5.36. The summed E-state index contributed by atoms with van der Waals surface area (Å²) in [7, 11) is 0. The highest BCUT2D eigenvalue weighted by Crippen LogP contribution is 2.26. The fraction of sp³-hybridized carbons (Fsp3) is 0.214. The molecule has 0 spiro atoms. The number of fused-ring (bicyclic) bond motifs is 1. The largest absolute Gasteiger partial charge is 0.273 e. The maximum Gasteiger partial charge on any atom is 0.136 e. The van der Waals surface area contributed by atoms with Crippen molar-refractivity contribution in [3.05, 3.63) is 48.6 Å². The van der Waals surface area contributed by atoms with Crippen molar-refractivity contribution in [2.75, 3.05) is 11.8 Å². The monoisotopic (exact) mass is 256 g/mol. The van der Waals surface area contributed by atoms with E-state index in [1.165, 1.54) is 0 Å². The number of allylic oxidation sites excluding steroid dienone is 1. The topological polar surface area (TPSA) is 40.1 Å².